The molecule has 4 nitrogen and oxygen atoms in total. The van der Waals surface area contributed by atoms with E-state index in [1.54, 1.807) is 12.4 Å². The normalized spacial score (nSPS) is 10.3. The van der Waals surface area contributed by atoms with Gasteiger partial charge in [-0.2, -0.15) is 5.10 Å². The van der Waals surface area contributed by atoms with Gasteiger partial charge < -0.3 is 5.32 Å². The number of pyridine rings is 1. The van der Waals surface area contributed by atoms with Crippen molar-refractivity contribution in [2.24, 2.45) is 7.05 Å². The largest absolute Gasteiger partial charge is 0.377 e. The third-order valence-electron chi connectivity index (χ3n) is 2.14. The smallest absolute Gasteiger partial charge is 0.129 e. The van der Waals surface area contributed by atoms with Crippen LogP contribution in [0.2, 0.25) is 0 Å². The fourth-order valence-corrected chi connectivity index (χ4v) is 1.67. The van der Waals surface area contributed by atoms with Crippen LogP contribution in [0.4, 0.5) is 5.69 Å². The molecule has 0 spiro atoms. The van der Waals surface area contributed by atoms with Gasteiger partial charge in [0, 0.05) is 19.4 Å². The van der Waals surface area contributed by atoms with Gasteiger partial charge in [-0.15, -0.1) is 0 Å². The molecule has 2 aromatic heterocycles. The van der Waals surface area contributed by atoms with Crippen molar-refractivity contribution in [2.45, 2.75) is 6.54 Å². The number of aromatic nitrogens is 3. The van der Waals surface area contributed by atoms with Crippen molar-refractivity contribution in [3.63, 3.8) is 0 Å². The van der Waals surface area contributed by atoms with Crippen LogP contribution in [0.5, 0.6) is 0 Å². The number of nitrogens with zero attached hydrogens (tertiary/aromatic N) is 3. The summed E-state index contributed by atoms with van der Waals surface area (Å²) in [6.07, 6.45) is 3.54. The molecule has 2 rings (SSSR count). The Labute approximate surface area is 96.5 Å². The molecular weight excluding hydrogens is 256 g/mol. The number of nitrogens with one attached hydrogen (secondary N) is 1. The summed E-state index contributed by atoms with van der Waals surface area (Å²) in [6.45, 7) is 0.737. The van der Waals surface area contributed by atoms with Gasteiger partial charge in [-0.3, -0.25) is 4.68 Å². The van der Waals surface area contributed by atoms with Gasteiger partial charge in [0.2, 0.25) is 0 Å². The van der Waals surface area contributed by atoms with Crippen LogP contribution in [0, 0.1) is 0 Å². The van der Waals surface area contributed by atoms with E-state index in [0.717, 1.165) is 22.5 Å². The topological polar surface area (TPSA) is 42.7 Å². The Morgan fingerprint density at radius 3 is 2.93 bits per heavy atom. The zero-order valence-electron chi connectivity index (χ0n) is 8.31. The van der Waals surface area contributed by atoms with Crippen LogP contribution in [-0.4, -0.2) is 14.8 Å². The second-order valence-corrected chi connectivity index (χ2v) is 3.89. The van der Waals surface area contributed by atoms with Gasteiger partial charge in [-0.1, -0.05) is 0 Å². The van der Waals surface area contributed by atoms with E-state index >= 15 is 0 Å². The highest BCUT2D eigenvalue weighted by molar-refractivity contribution is 9.10. The Morgan fingerprint density at radius 1 is 1.40 bits per heavy atom. The highest BCUT2D eigenvalue weighted by Gasteiger charge is 2.01. The van der Waals surface area contributed by atoms with Crippen LogP contribution >= 0.6 is 15.9 Å². The van der Waals surface area contributed by atoms with Gasteiger partial charge >= 0.3 is 0 Å². The Hall–Kier alpha value is -1.36. The quantitative estimate of drug-likeness (QED) is 0.867. The fourth-order valence-electron chi connectivity index (χ4n) is 1.28. The van der Waals surface area contributed by atoms with E-state index in [1.165, 1.54) is 0 Å². The maximum absolute atomic E-state index is 4.13. The van der Waals surface area contributed by atoms with Crippen LogP contribution in [0.3, 0.4) is 0 Å². The molecule has 0 saturated heterocycles. The summed E-state index contributed by atoms with van der Waals surface area (Å²) < 4.78 is 2.67. The lowest BCUT2D eigenvalue weighted by atomic mass is 10.4. The second-order valence-electron chi connectivity index (χ2n) is 3.14. The minimum atomic E-state index is 0.737. The zero-order valence-corrected chi connectivity index (χ0v) is 9.90. The van der Waals surface area contributed by atoms with Gasteiger partial charge in [0.1, 0.15) is 4.60 Å². The zero-order chi connectivity index (χ0) is 10.7. The average Bonchev–Trinajstić information content (AvgIpc) is 2.63. The molecule has 0 aliphatic rings. The van der Waals surface area contributed by atoms with Crippen molar-refractivity contribution < 1.29 is 0 Å². The Balaban J connectivity index is 2.06. The number of halogens is 1. The Bertz CT molecular complexity index is 452. The van der Waals surface area contributed by atoms with Gasteiger partial charge in [-0.05, 0) is 34.1 Å². The molecule has 0 saturated carbocycles. The minimum absolute atomic E-state index is 0.737. The molecule has 0 unspecified atom stereocenters. The third-order valence-corrected chi connectivity index (χ3v) is 2.77. The summed E-state index contributed by atoms with van der Waals surface area (Å²) in [5.74, 6) is 0. The summed E-state index contributed by atoms with van der Waals surface area (Å²) in [7, 11) is 1.93. The van der Waals surface area contributed by atoms with E-state index in [9.17, 15) is 0 Å². The summed E-state index contributed by atoms with van der Waals surface area (Å²) >= 11 is 3.38. The van der Waals surface area contributed by atoms with Gasteiger partial charge in [0.25, 0.3) is 0 Å². The summed E-state index contributed by atoms with van der Waals surface area (Å²) in [5, 5.41) is 7.39. The number of hydrogen-bond acceptors (Lipinski definition) is 3. The summed E-state index contributed by atoms with van der Waals surface area (Å²) in [4.78, 5) is 4.13. The van der Waals surface area contributed by atoms with E-state index in [4.69, 9.17) is 0 Å². The summed E-state index contributed by atoms with van der Waals surface area (Å²) in [6, 6.07) is 5.86. The molecule has 0 aliphatic heterocycles. The number of hydrogen-bond donors (Lipinski definition) is 1. The molecule has 2 aromatic rings. The van der Waals surface area contributed by atoms with Crippen LogP contribution in [0.25, 0.3) is 0 Å². The van der Waals surface area contributed by atoms with Crippen molar-refractivity contribution in [1.82, 2.24) is 14.8 Å². The van der Waals surface area contributed by atoms with Crippen LogP contribution in [0.1, 0.15) is 5.69 Å². The van der Waals surface area contributed by atoms with Gasteiger partial charge in [0.05, 0.1) is 17.9 Å². The van der Waals surface area contributed by atoms with E-state index < -0.39 is 0 Å². The molecule has 0 aliphatic carbocycles. The van der Waals surface area contributed by atoms with E-state index in [0.29, 0.717) is 0 Å². The number of rotatable bonds is 3. The molecule has 15 heavy (non-hydrogen) atoms. The molecule has 0 bridgehead atoms. The van der Waals surface area contributed by atoms with Crippen LogP contribution in [-0.2, 0) is 13.6 Å². The maximum Gasteiger partial charge on any atom is 0.129 e. The van der Waals surface area contributed by atoms with Crippen LogP contribution < -0.4 is 5.32 Å². The molecule has 0 amide bonds. The second kappa shape index (κ2) is 4.44. The molecule has 2 heterocycles. The number of anilines is 1. The van der Waals surface area contributed by atoms with E-state index in [2.05, 4.69) is 31.3 Å². The lowest BCUT2D eigenvalue weighted by Gasteiger charge is -2.07. The highest BCUT2D eigenvalue weighted by atomic mass is 79.9. The first kappa shape index (κ1) is 10.2. The van der Waals surface area contributed by atoms with E-state index in [1.807, 2.05) is 29.9 Å². The first-order valence-electron chi connectivity index (χ1n) is 4.58. The molecule has 1 N–H and O–H groups in total. The first-order chi connectivity index (χ1) is 7.27. The maximum atomic E-state index is 4.13. The number of aryl methyl sites for hydroxylation is 1. The molecule has 0 radical (unpaired) electrons. The van der Waals surface area contributed by atoms with Crippen LogP contribution in [0.15, 0.2) is 35.2 Å². The monoisotopic (exact) mass is 266 g/mol. The molecule has 0 aromatic carbocycles. The predicted molar refractivity (Wildman–Crippen MR) is 62.5 cm³/mol. The van der Waals surface area contributed by atoms with Crippen molar-refractivity contribution in [3.05, 3.63) is 40.9 Å². The Kier molecular flexibility index (Phi) is 3.01. The predicted octanol–water partition coefficient (Wildman–Crippen LogP) is 2.19. The van der Waals surface area contributed by atoms with Crippen molar-refractivity contribution in [1.29, 1.82) is 0 Å². The molecule has 0 atom stereocenters. The van der Waals surface area contributed by atoms with Gasteiger partial charge in [0.15, 0.2) is 0 Å². The van der Waals surface area contributed by atoms with Crippen molar-refractivity contribution in [2.75, 3.05) is 5.32 Å². The molecule has 78 valence electrons. The first-order valence-corrected chi connectivity index (χ1v) is 5.38. The third kappa shape index (κ3) is 2.36. The molecule has 5 heteroatoms. The average molecular weight is 267 g/mol. The van der Waals surface area contributed by atoms with E-state index in [-0.39, 0.29) is 0 Å². The Morgan fingerprint density at radius 2 is 2.27 bits per heavy atom. The van der Waals surface area contributed by atoms with Crippen molar-refractivity contribution in [3.8, 4) is 0 Å². The highest BCUT2D eigenvalue weighted by Crippen LogP contribution is 2.18. The standard InChI is InChI=1S/C10H11BrN4/c1-15-8(4-6-14-15)7-13-9-3-2-5-12-10(9)11/h2-6,13H,7H2,1H3. The lowest BCUT2D eigenvalue weighted by molar-refractivity contribution is 0.720. The lowest BCUT2D eigenvalue weighted by Crippen LogP contribution is -2.05. The fraction of sp³-hybridized carbons (Fsp3) is 0.200. The summed E-state index contributed by atoms with van der Waals surface area (Å²) in [5.41, 5.74) is 2.12. The van der Waals surface area contributed by atoms with Gasteiger partial charge in [-0.25, -0.2) is 4.98 Å². The molecule has 0 fully saturated rings. The minimum Gasteiger partial charge on any atom is -0.377 e. The van der Waals surface area contributed by atoms with Crippen molar-refractivity contribution >= 4 is 21.6 Å². The molecular formula is C10H11BrN4. The SMILES string of the molecule is Cn1nccc1CNc1cccnc1Br.